The monoisotopic (exact) mass is 324 g/mol. The van der Waals surface area contributed by atoms with Crippen LogP contribution in [0.2, 0.25) is 0 Å². The van der Waals surface area contributed by atoms with Crippen LogP contribution in [0.5, 0.6) is 0 Å². The molecule has 0 radical (unpaired) electrons. The number of aromatic nitrogens is 5. The van der Waals surface area contributed by atoms with Gasteiger partial charge in [-0.1, -0.05) is 13.8 Å². The van der Waals surface area contributed by atoms with Crippen molar-refractivity contribution < 1.29 is 0 Å². The summed E-state index contributed by atoms with van der Waals surface area (Å²) in [5.74, 6) is 0.997. The fourth-order valence-electron chi connectivity index (χ4n) is 3.81. The van der Waals surface area contributed by atoms with Crippen molar-refractivity contribution in [2.45, 2.75) is 45.4 Å². The fourth-order valence-corrected chi connectivity index (χ4v) is 3.81. The Morgan fingerprint density at radius 1 is 1.25 bits per heavy atom. The van der Waals surface area contributed by atoms with Crippen molar-refractivity contribution >= 4 is 5.65 Å². The van der Waals surface area contributed by atoms with E-state index < -0.39 is 0 Å². The largest absolute Gasteiger partial charge is 0.317 e. The third kappa shape index (κ3) is 2.51. The highest BCUT2D eigenvalue weighted by atomic mass is 15.3. The highest BCUT2D eigenvalue weighted by molar-refractivity contribution is 5.67. The predicted octanol–water partition coefficient (Wildman–Crippen LogP) is 3.02. The molecule has 0 unspecified atom stereocenters. The van der Waals surface area contributed by atoms with Crippen LogP contribution in [0.3, 0.4) is 0 Å². The van der Waals surface area contributed by atoms with Gasteiger partial charge in [-0.05, 0) is 50.4 Å². The van der Waals surface area contributed by atoms with Gasteiger partial charge in [0.25, 0.3) is 0 Å². The fraction of sp³-hybridized carbons (Fsp3) is 0.500. The lowest BCUT2D eigenvalue weighted by Gasteiger charge is -2.23. The summed E-state index contributed by atoms with van der Waals surface area (Å²) in [6.45, 7) is 8.74. The molecular formula is C18H24N6. The maximum Gasteiger partial charge on any atom is 0.158 e. The summed E-state index contributed by atoms with van der Waals surface area (Å²) in [5, 5.41) is 15.8. The zero-order chi connectivity index (χ0) is 16.7. The predicted molar refractivity (Wildman–Crippen MR) is 94.2 cm³/mol. The molecule has 0 bridgehead atoms. The molecule has 3 aromatic rings. The molecule has 3 aromatic heterocycles. The molecule has 6 heteroatoms. The Hall–Kier alpha value is -2.21. The SMILES string of the molecule is Cc1cc(-c2n[nH]c(C3CCNCC3)c2C(C)C)cn2ncnc12. The summed E-state index contributed by atoms with van der Waals surface area (Å²) in [7, 11) is 0. The number of hydrogen-bond acceptors (Lipinski definition) is 4. The third-order valence-electron chi connectivity index (χ3n) is 4.99. The van der Waals surface area contributed by atoms with E-state index in [1.54, 1.807) is 6.33 Å². The first kappa shape index (κ1) is 15.3. The molecule has 0 aliphatic carbocycles. The molecule has 2 N–H and O–H groups in total. The smallest absolute Gasteiger partial charge is 0.158 e. The van der Waals surface area contributed by atoms with E-state index in [1.165, 1.54) is 24.1 Å². The van der Waals surface area contributed by atoms with Crippen LogP contribution in [0, 0.1) is 6.92 Å². The van der Waals surface area contributed by atoms with Gasteiger partial charge in [0, 0.05) is 28.9 Å². The number of fused-ring (bicyclic) bond motifs is 1. The van der Waals surface area contributed by atoms with Crippen LogP contribution in [-0.2, 0) is 0 Å². The average Bonchev–Trinajstić information content (AvgIpc) is 3.22. The second-order valence-electron chi connectivity index (χ2n) is 7.02. The number of piperidine rings is 1. The Morgan fingerprint density at radius 3 is 2.79 bits per heavy atom. The topological polar surface area (TPSA) is 70.9 Å². The first-order valence-electron chi connectivity index (χ1n) is 8.74. The summed E-state index contributed by atoms with van der Waals surface area (Å²) in [5.41, 5.74) is 6.84. The minimum Gasteiger partial charge on any atom is -0.317 e. The number of aryl methyl sites for hydroxylation is 1. The number of rotatable bonds is 3. The van der Waals surface area contributed by atoms with Crippen LogP contribution in [-0.4, -0.2) is 37.9 Å². The molecule has 0 aromatic carbocycles. The minimum atomic E-state index is 0.426. The quantitative estimate of drug-likeness (QED) is 0.777. The summed E-state index contributed by atoms with van der Waals surface area (Å²) >= 11 is 0. The lowest BCUT2D eigenvalue weighted by molar-refractivity contribution is 0.449. The van der Waals surface area contributed by atoms with Crippen molar-refractivity contribution in [3.8, 4) is 11.3 Å². The summed E-state index contributed by atoms with van der Waals surface area (Å²) in [4.78, 5) is 4.31. The van der Waals surface area contributed by atoms with E-state index in [1.807, 2.05) is 10.7 Å². The highest BCUT2D eigenvalue weighted by Crippen LogP contribution is 2.36. The van der Waals surface area contributed by atoms with Gasteiger partial charge in [-0.3, -0.25) is 5.10 Å². The van der Waals surface area contributed by atoms with Crippen molar-refractivity contribution in [3.63, 3.8) is 0 Å². The molecule has 0 amide bonds. The Balaban J connectivity index is 1.83. The zero-order valence-corrected chi connectivity index (χ0v) is 14.5. The number of H-pyrrole nitrogens is 1. The van der Waals surface area contributed by atoms with E-state index in [0.717, 1.165) is 35.6 Å². The van der Waals surface area contributed by atoms with Crippen LogP contribution < -0.4 is 5.32 Å². The first-order chi connectivity index (χ1) is 11.6. The van der Waals surface area contributed by atoms with Crippen molar-refractivity contribution in [2.75, 3.05) is 13.1 Å². The third-order valence-corrected chi connectivity index (χ3v) is 4.99. The molecule has 0 saturated carbocycles. The van der Waals surface area contributed by atoms with E-state index in [-0.39, 0.29) is 0 Å². The van der Waals surface area contributed by atoms with E-state index >= 15 is 0 Å². The number of aromatic amines is 1. The molecule has 6 nitrogen and oxygen atoms in total. The summed E-state index contributed by atoms with van der Waals surface area (Å²) < 4.78 is 1.84. The van der Waals surface area contributed by atoms with Gasteiger partial charge in [0.15, 0.2) is 5.65 Å². The molecule has 4 heterocycles. The highest BCUT2D eigenvalue weighted by Gasteiger charge is 2.25. The van der Waals surface area contributed by atoms with Gasteiger partial charge < -0.3 is 5.32 Å². The minimum absolute atomic E-state index is 0.426. The van der Waals surface area contributed by atoms with Gasteiger partial charge in [-0.15, -0.1) is 0 Å². The molecular weight excluding hydrogens is 300 g/mol. The van der Waals surface area contributed by atoms with Crippen LogP contribution >= 0.6 is 0 Å². The second kappa shape index (κ2) is 6.02. The lowest BCUT2D eigenvalue weighted by Crippen LogP contribution is -2.27. The van der Waals surface area contributed by atoms with E-state index in [4.69, 9.17) is 5.10 Å². The van der Waals surface area contributed by atoms with Crippen LogP contribution in [0.4, 0.5) is 0 Å². The van der Waals surface area contributed by atoms with Crippen molar-refractivity contribution in [2.24, 2.45) is 0 Å². The lowest BCUT2D eigenvalue weighted by atomic mass is 9.87. The van der Waals surface area contributed by atoms with Gasteiger partial charge >= 0.3 is 0 Å². The van der Waals surface area contributed by atoms with E-state index in [2.05, 4.69) is 47.3 Å². The Morgan fingerprint density at radius 2 is 2.04 bits per heavy atom. The maximum atomic E-state index is 4.71. The van der Waals surface area contributed by atoms with Gasteiger partial charge in [0.05, 0.1) is 5.69 Å². The first-order valence-corrected chi connectivity index (χ1v) is 8.74. The van der Waals surface area contributed by atoms with Gasteiger partial charge in [-0.25, -0.2) is 9.50 Å². The maximum absolute atomic E-state index is 4.71. The van der Waals surface area contributed by atoms with Gasteiger partial charge in [0.2, 0.25) is 0 Å². The Labute approximate surface area is 141 Å². The van der Waals surface area contributed by atoms with Crippen molar-refractivity contribution in [1.82, 2.24) is 30.1 Å². The average molecular weight is 324 g/mol. The van der Waals surface area contributed by atoms with Crippen molar-refractivity contribution in [3.05, 3.63) is 35.4 Å². The Bertz CT molecular complexity index is 854. The Kier molecular flexibility index (Phi) is 3.84. The van der Waals surface area contributed by atoms with Gasteiger partial charge in [0.1, 0.15) is 6.33 Å². The molecule has 1 fully saturated rings. The molecule has 126 valence electrons. The van der Waals surface area contributed by atoms with Gasteiger partial charge in [-0.2, -0.15) is 10.2 Å². The molecule has 1 aliphatic rings. The summed E-state index contributed by atoms with van der Waals surface area (Å²) in [6.07, 6.45) is 5.97. The van der Waals surface area contributed by atoms with Crippen molar-refractivity contribution in [1.29, 1.82) is 0 Å². The van der Waals surface area contributed by atoms with E-state index in [0.29, 0.717) is 11.8 Å². The van der Waals surface area contributed by atoms with Crippen LogP contribution in [0.25, 0.3) is 16.9 Å². The normalized spacial score (nSPS) is 16.3. The van der Waals surface area contributed by atoms with Crippen LogP contribution in [0.15, 0.2) is 18.6 Å². The summed E-state index contributed by atoms with van der Waals surface area (Å²) in [6, 6.07) is 2.16. The molecule has 4 rings (SSSR count). The molecule has 1 aliphatic heterocycles. The number of nitrogens with zero attached hydrogens (tertiary/aromatic N) is 4. The molecule has 1 saturated heterocycles. The number of hydrogen-bond donors (Lipinski definition) is 2. The van der Waals surface area contributed by atoms with Crippen LogP contribution in [0.1, 0.15) is 55.3 Å². The second-order valence-corrected chi connectivity index (χ2v) is 7.02. The standard InChI is InChI=1S/C18H24N6/c1-11(2)15-16(13-4-6-19-7-5-13)22-23-17(15)14-8-12(3)18-20-10-21-24(18)9-14/h8-11,13,19H,4-7H2,1-3H3,(H,22,23). The van der Waals surface area contributed by atoms with E-state index in [9.17, 15) is 0 Å². The molecule has 24 heavy (non-hydrogen) atoms. The molecule has 0 spiro atoms. The molecule has 0 atom stereocenters. The number of pyridine rings is 1. The zero-order valence-electron chi connectivity index (χ0n) is 14.5. The number of nitrogens with one attached hydrogen (secondary N) is 2.